The van der Waals surface area contributed by atoms with Crippen LogP contribution in [-0.4, -0.2) is 34.2 Å². The first-order valence-electron chi connectivity index (χ1n) is 7.93. The van der Waals surface area contributed by atoms with Crippen molar-refractivity contribution in [1.29, 1.82) is 0 Å². The monoisotopic (exact) mass is 343 g/mol. The van der Waals surface area contributed by atoms with Gasteiger partial charge in [-0.25, -0.2) is 0 Å². The Kier molecular flexibility index (Phi) is 8.82. The van der Waals surface area contributed by atoms with Gasteiger partial charge in [0.15, 0.2) is 0 Å². The third-order valence-electron chi connectivity index (χ3n) is 2.85. The van der Waals surface area contributed by atoms with Crippen LogP contribution in [-0.2, 0) is 16.1 Å². The van der Waals surface area contributed by atoms with E-state index in [-0.39, 0.29) is 5.76 Å². The highest BCUT2D eigenvalue weighted by atomic mass is 16.5. The summed E-state index contributed by atoms with van der Waals surface area (Å²) in [5.41, 5.74) is 1.78. The molecule has 134 valence electrons. The molecule has 0 amide bonds. The summed E-state index contributed by atoms with van der Waals surface area (Å²) in [7, 11) is 7.54. The molecule has 0 spiro atoms. The van der Waals surface area contributed by atoms with Crippen molar-refractivity contribution in [3.05, 3.63) is 71.5 Å². The molecular weight excluding hydrogens is 318 g/mol. The van der Waals surface area contributed by atoms with E-state index in [1.54, 1.807) is 24.3 Å². The number of quaternary nitrogens is 1. The van der Waals surface area contributed by atoms with Gasteiger partial charge < -0.3 is 24.3 Å². The van der Waals surface area contributed by atoms with Crippen molar-refractivity contribution in [3.8, 4) is 5.75 Å². The van der Waals surface area contributed by atoms with Crippen LogP contribution in [0.4, 0.5) is 0 Å². The van der Waals surface area contributed by atoms with Crippen LogP contribution >= 0.6 is 0 Å². The molecule has 5 heteroatoms. The SMILES string of the molecule is CO/C(=C\c1ccc(OCc2ccccc2)cc1)C(=O)[O-].C[NH+](C)C. The van der Waals surface area contributed by atoms with E-state index in [2.05, 4.69) is 21.1 Å². The van der Waals surface area contributed by atoms with Gasteiger partial charge in [-0.2, -0.15) is 0 Å². The van der Waals surface area contributed by atoms with Gasteiger partial charge in [0.25, 0.3) is 0 Å². The molecule has 25 heavy (non-hydrogen) atoms. The second kappa shape index (κ2) is 10.9. The molecule has 0 saturated carbocycles. The average molecular weight is 343 g/mol. The molecule has 0 saturated heterocycles. The number of aliphatic carboxylic acids is 1. The molecule has 5 nitrogen and oxygen atoms in total. The molecule has 0 atom stereocenters. The number of carbonyl (C=O) groups is 1. The van der Waals surface area contributed by atoms with E-state index in [9.17, 15) is 9.90 Å². The van der Waals surface area contributed by atoms with Crippen LogP contribution in [0, 0.1) is 0 Å². The molecule has 0 aliphatic heterocycles. The number of ether oxygens (including phenoxy) is 2. The van der Waals surface area contributed by atoms with Gasteiger partial charge in [-0.1, -0.05) is 42.5 Å². The number of carboxylic acids is 1. The highest BCUT2D eigenvalue weighted by Gasteiger charge is 1.99. The molecule has 0 aliphatic carbocycles. The summed E-state index contributed by atoms with van der Waals surface area (Å²) < 4.78 is 10.4. The van der Waals surface area contributed by atoms with Crippen molar-refractivity contribution in [1.82, 2.24) is 0 Å². The topological polar surface area (TPSA) is 63.0 Å². The Morgan fingerprint density at radius 2 is 1.60 bits per heavy atom. The molecule has 0 fully saturated rings. The van der Waals surface area contributed by atoms with Crippen molar-refractivity contribution in [2.75, 3.05) is 28.3 Å². The fraction of sp³-hybridized carbons (Fsp3) is 0.250. The highest BCUT2D eigenvalue weighted by molar-refractivity contribution is 5.88. The number of hydrogen-bond donors (Lipinski definition) is 1. The molecule has 2 aromatic carbocycles. The maximum absolute atomic E-state index is 10.7. The molecule has 0 radical (unpaired) electrons. The molecule has 0 aliphatic rings. The van der Waals surface area contributed by atoms with Gasteiger partial charge in [-0.3, -0.25) is 0 Å². The van der Waals surface area contributed by atoms with E-state index in [0.717, 1.165) is 5.56 Å². The lowest BCUT2D eigenvalue weighted by molar-refractivity contribution is -0.836. The number of methoxy groups -OCH3 is 1. The van der Waals surface area contributed by atoms with Crippen molar-refractivity contribution < 1.29 is 24.3 Å². The second-order valence-corrected chi connectivity index (χ2v) is 5.84. The molecule has 0 bridgehead atoms. The molecular formula is C20H25NO4. The first-order valence-corrected chi connectivity index (χ1v) is 7.93. The highest BCUT2D eigenvalue weighted by Crippen LogP contribution is 2.16. The Morgan fingerprint density at radius 1 is 1.04 bits per heavy atom. The van der Waals surface area contributed by atoms with Crippen molar-refractivity contribution in [2.24, 2.45) is 0 Å². The van der Waals surface area contributed by atoms with E-state index in [1.807, 2.05) is 30.3 Å². The van der Waals surface area contributed by atoms with E-state index in [1.165, 1.54) is 18.1 Å². The third kappa shape index (κ3) is 8.58. The minimum atomic E-state index is -1.35. The number of carbonyl (C=O) groups excluding carboxylic acids is 1. The van der Waals surface area contributed by atoms with Gasteiger partial charge in [0.2, 0.25) is 0 Å². The Balaban J connectivity index is 0.000000705. The third-order valence-corrected chi connectivity index (χ3v) is 2.85. The Hall–Kier alpha value is -2.79. The van der Waals surface area contributed by atoms with E-state index >= 15 is 0 Å². The van der Waals surface area contributed by atoms with Gasteiger partial charge >= 0.3 is 0 Å². The van der Waals surface area contributed by atoms with Crippen LogP contribution in [0.3, 0.4) is 0 Å². The van der Waals surface area contributed by atoms with Crippen LogP contribution in [0.25, 0.3) is 6.08 Å². The summed E-state index contributed by atoms with van der Waals surface area (Å²) >= 11 is 0. The van der Waals surface area contributed by atoms with Gasteiger partial charge in [0, 0.05) is 0 Å². The van der Waals surface area contributed by atoms with E-state index < -0.39 is 5.97 Å². The molecule has 2 rings (SSSR count). The summed E-state index contributed by atoms with van der Waals surface area (Å²) in [4.78, 5) is 12.1. The summed E-state index contributed by atoms with van der Waals surface area (Å²) in [6.45, 7) is 0.485. The number of nitrogens with one attached hydrogen (secondary N) is 1. The normalized spacial score (nSPS) is 10.7. The van der Waals surface area contributed by atoms with Gasteiger partial charge in [-0.15, -0.1) is 0 Å². The summed E-state index contributed by atoms with van der Waals surface area (Å²) in [5, 5.41) is 10.7. The lowest BCUT2D eigenvalue weighted by atomic mass is 10.2. The van der Waals surface area contributed by atoms with Crippen molar-refractivity contribution in [3.63, 3.8) is 0 Å². The Labute approximate surface area is 149 Å². The smallest absolute Gasteiger partial charge is 0.142 e. The zero-order chi connectivity index (χ0) is 18.7. The second-order valence-electron chi connectivity index (χ2n) is 5.84. The molecule has 1 N–H and O–H groups in total. The molecule has 0 unspecified atom stereocenters. The van der Waals surface area contributed by atoms with Gasteiger partial charge in [-0.05, 0) is 29.3 Å². The minimum Gasteiger partial charge on any atom is -0.542 e. The predicted octanol–water partition coefficient (Wildman–Crippen LogP) is 0.764. The maximum Gasteiger partial charge on any atom is 0.142 e. The van der Waals surface area contributed by atoms with Crippen LogP contribution in [0.15, 0.2) is 60.4 Å². The van der Waals surface area contributed by atoms with Crippen LogP contribution in [0.2, 0.25) is 0 Å². The average Bonchev–Trinajstić information content (AvgIpc) is 2.59. The minimum absolute atomic E-state index is 0.215. The predicted molar refractivity (Wildman–Crippen MR) is 95.9 cm³/mol. The quantitative estimate of drug-likeness (QED) is 0.621. The molecule has 0 heterocycles. The fourth-order valence-corrected chi connectivity index (χ4v) is 1.75. The Bertz CT molecular complexity index is 661. The first kappa shape index (κ1) is 20.3. The zero-order valence-corrected chi connectivity index (χ0v) is 15.1. The maximum atomic E-state index is 10.7. The lowest BCUT2D eigenvalue weighted by Gasteiger charge is -2.08. The van der Waals surface area contributed by atoms with Crippen LogP contribution in [0.5, 0.6) is 5.75 Å². The number of carboxylic acid groups (broad SMARTS) is 1. The van der Waals surface area contributed by atoms with Crippen LogP contribution < -0.4 is 14.7 Å². The Morgan fingerprint density at radius 3 is 2.08 bits per heavy atom. The van der Waals surface area contributed by atoms with E-state index in [0.29, 0.717) is 17.9 Å². The van der Waals surface area contributed by atoms with Crippen LogP contribution in [0.1, 0.15) is 11.1 Å². The van der Waals surface area contributed by atoms with Crippen molar-refractivity contribution >= 4 is 12.0 Å². The summed E-state index contributed by atoms with van der Waals surface area (Å²) in [5.74, 6) is -0.849. The fourth-order valence-electron chi connectivity index (χ4n) is 1.75. The summed E-state index contributed by atoms with van der Waals surface area (Å²) in [6, 6.07) is 16.9. The number of hydrogen-bond acceptors (Lipinski definition) is 4. The molecule has 2 aromatic rings. The first-order chi connectivity index (χ1) is 11.9. The lowest BCUT2D eigenvalue weighted by Crippen LogP contribution is -3.02. The van der Waals surface area contributed by atoms with Gasteiger partial charge in [0.1, 0.15) is 24.1 Å². The van der Waals surface area contributed by atoms with E-state index in [4.69, 9.17) is 9.47 Å². The summed E-state index contributed by atoms with van der Waals surface area (Å²) in [6.07, 6.45) is 1.40. The standard InChI is InChI=1S/C17H16O4.C3H9N/c1-20-16(17(18)19)11-13-7-9-15(10-8-13)21-12-14-5-3-2-4-6-14;1-4(2)3/h2-11H,12H2,1H3,(H,18,19);1-3H3/b16-11-;. The zero-order valence-electron chi connectivity index (χ0n) is 15.1. The number of benzene rings is 2. The van der Waals surface area contributed by atoms with Crippen molar-refractivity contribution in [2.45, 2.75) is 6.61 Å². The number of rotatable bonds is 6. The molecule has 0 aromatic heterocycles. The van der Waals surface area contributed by atoms with Gasteiger partial charge in [0.05, 0.1) is 28.3 Å². The largest absolute Gasteiger partial charge is 0.542 e.